The highest BCUT2D eigenvalue weighted by Crippen LogP contribution is 2.26. The molecule has 0 aromatic heterocycles. The molecule has 0 unspecified atom stereocenters. The van der Waals surface area contributed by atoms with Gasteiger partial charge in [0.25, 0.3) is 0 Å². The third-order valence-electron chi connectivity index (χ3n) is 5.37. The minimum Gasteiger partial charge on any atom is -0.378 e. The standard InChI is InChI=1S/C27H31NO/c1-5-20-11-17-24(18-12-20)28-25(21-9-7-6-8-10-21)19-26(29)22-13-15-23(16-14-22)27(2,3)4/h6-18,25,28H,5,19H2,1-4H3/t25-/m1/s1. The first-order valence-electron chi connectivity index (χ1n) is 10.4. The average Bonchev–Trinajstić information content (AvgIpc) is 2.74. The maximum absolute atomic E-state index is 13.0. The summed E-state index contributed by atoms with van der Waals surface area (Å²) < 4.78 is 0. The van der Waals surface area contributed by atoms with E-state index in [-0.39, 0.29) is 17.2 Å². The first kappa shape index (κ1) is 20.9. The molecule has 0 aliphatic carbocycles. The highest BCUT2D eigenvalue weighted by Gasteiger charge is 2.19. The second kappa shape index (κ2) is 9.09. The Kier molecular flexibility index (Phi) is 6.53. The molecular weight excluding hydrogens is 354 g/mol. The van der Waals surface area contributed by atoms with Crippen LogP contribution in [0.4, 0.5) is 5.69 Å². The zero-order valence-corrected chi connectivity index (χ0v) is 17.9. The van der Waals surface area contributed by atoms with E-state index in [0.29, 0.717) is 6.42 Å². The average molecular weight is 386 g/mol. The van der Waals surface area contributed by atoms with Crippen LogP contribution in [0.1, 0.15) is 67.2 Å². The van der Waals surface area contributed by atoms with E-state index in [9.17, 15) is 4.79 Å². The highest BCUT2D eigenvalue weighted by molar-refractivity contribution is 5.96. The zero-order valence-electron chi connectivity index (χ0n) is 17.9. The molecule has 1 N–H and O–H groups in total. The van der Waals surface area contributed by atoms with E-state index < -0.39 is 0 Å². The van der Waals surface area contributed by atoms with Crippen LogP contribution in [-0.4, -0.2) is 5.78 Å². The van der Waals surface area contributed by atoms with Gasteiger partial charge in [-0.2, -0.15) is 0 Å². The van der Waals surface area contributed by atoms with Gasteiger partial charge in [-0.05, 0) is 40.7 Å². The summed E-state index contributed by atoms with van der Waals surface area (Å²) in [4.78, 5) is 13.0. The quantitative estimate of drug-likeness (QED) is 0.445. The predicted molar refractivity (Wildman–Crippen MR) is 123 cm³/mol. The summed E-state index contributed by atoms with van der Waals surface area (Å²) in [6.07, 6.45) is 1.43. The molecule has 0 radical (unpaired) electrons. The Labute approximate surface area is 175 Å². The molecule has 0 bridgehead atoms. The van der Waals surface area contributed by atoms with Crippen molar-refractivity contribution in [3.8, 4) is 0 Å². The normalized spacial score (nSPS) is 12.4. The third-order valence-corrected chi connectivity index (χ3v) is 5.37. The van der Waals surface area contributed by atoms with E-state index >= 15 is 0 Å². The van der Waals surface area contributed by atoms with Crippen molar-refractivity contribution in [3.63, 3.8) is 0 Å². The van der Waals surface area contributed by atoms with Crippen molar-refractivity contribution in [2.75, 3.05) is 5.32 Å². The molecule has 0 saturated heterocycles. The minimum absolute atomic E-state index is 0.0709. The molecule has 3 rings (SSSR count). The molecule has 0 saturated carbocycles. The number of ketones is 1. The maximum atomic E-state index is 13.0. The molecule has 0 spiro atoms. The molecule has 0 heterocycles. The number of carbonyl (C=O) groups is 1. The number of aryl methyl sites for hydroxylation is 1. The Morgan fingerprint density at radius 3 is 2.03 bits per heavy atom. The molecule has 0 fully saturated rings. The van der Waals surface area contributed by atoms with Crippen molar-refractivity contribution in [3.05, 3.63) is 101 Å². The summed E-state index contributed by atoms with van der Waals surface area (Å²) in [5, 5.41) is 3.56. The number of benzene rings is 3. The highest BCUT2D eigenvalue weighted by atomic mass is 16.1. The van der Waals surface area contributed by atoms with E-state index in [0.717, 1.165) is 23.2 Å². The lowest BCUT2D eigenvalue weighted by Crippen LogP contribution is -2.16. The first-order valence-corrected chi connectivity index (χ1v) is 10.4. The number of nitrogens with one attached hydrogen (secondary N) is 1. The van der Waals surface area contributed by atoms with Gasteiger partial charge >= 0.3 is 0 Å². The van der Waals surface area contributed by atoms with Gasteiger partial charge in [-0.3, -0.25) is 4.79 Å². The number of anilines is 1. The van der Waals surface area contributed by atoms with Crippen LogP contribution in [0.5, 0.6) is 0 Å². The van der Waals surface area contributed by atoms with Crippen LogP contribution in [0.15, 0.2) is 78.9 Å². The molecule has 2 heteroatoms. The van der Waals surface area contributed by atoms with Crippen LogP contribution in [0, 0.1) is 0 Å². The molecule has 2 nitrogen and oxygen atoms in total. The lowest BCUT2D eigenvalue weighted by Gasteiger charge is -2.21. The number of hydrogen-bond acceptors (Lipinski definition) is 2. The fourth-order valence-corrected chi connectivity index (χ4v) is 3.43. The second-order valence-corrected chi connectivity index (χ2v) is 8.61. The van der Waals surface area contributed by atoms with E-state index in [1.165, 1.54) is 11.1 Å². The van der Waals surface area contributed by atoms with Crippen LogP contribution >= 0.6 is 0 Å². The van der Waals surface area contributed by atoms with E-state index in [1.807, 2.05) is 30.3 Å². The summed E-state index contributed by atoms with van der Waals surface area (Å²) in [5.74, 6) is 0.150. The Balaban J connectivity index is 1.80. The fourth-order valence-electron chi connectivity index (χ4n) is 3.43. The fraction of sp³-hybridized carbons (Fsp3) is 0.296. The number of carbonyl (C=O) groups excluding carboxylic acids is 1. The summed E-state index contributed by atoms with van der Waals surface area (Å²) >= 11 is 0. The summed E-state index contributed by atoms with van der Waals surface area (Å²) in [7, 11) is 0. The topological polar surface area (TPSA) is 29.1 Å². The van der Waals surface area contributed by atoms with E-state index in [2.05, 4.69) is 81.5 Å². The molecule has 0 aliphatic heterocycles. The molecule has 0 amide bonds. The van der Waals surface area contributed by atoms with E-state index in [1.54, 1.807) is 0 Å². The Morgan fingerprint density at radius 1 is 0.862 bits per heavy atom. The Bertz CT molecular complexity index is 919. The van der Waals surface area contributed by atoms with Gasteiger partial charge in [-0.1, -0.05) is 94.4 Å². The van der Waals surface area contributed by atoms with Gasteiger partial charge in [0, 0.05) is 17.7 Å². The molecule has 3 aromatic rings. The molecule has 29 heavy (non-hydrogen) atoms. The van der Waals surface area contributed by atoms with Crippen LogP contribution in [0.2, 0.25) is 0 Å². The molecular formula is C27H31NO. The minimum atomic E-state index is -0.0709. The first-order chi connectivity index (χ1) is 13.9. The van der Waals surface area contributed by atoms with Gasteiger partial charge in [0.2, 0.25) is 0 Å². The lowest BCUT2D eigenvalue weighted by molar-refractivity contribution is 0.0976. The molecule has 1 atom stereocenters. The van der Waals surface area contributed by atoms with Gasteiger partial charge in [0.15, 0.2) is 5.78 Å². The largest absolute Gasteiger partial charge is 0.378 e. The van der Waals surface area contributed by atoms with Crippen molar-refractivity contribution in [2.24, 2.45) is 0 Å². The van der Waals surface area contributed by atoms with Gasteiger partial charge in [-0.15, -0.1) is 0 Å². The van der Waals surface area contributed by atoms with Gasteiger partial charge in [-0.25, -0.2) is 0 Å². The third kappa shape index (κ3) is 5.57. The van der Waals surface area contributed by atoms with Crippen LogP contribution in [0.3, 0.4) is 0 Å². The van der Waals surface area contributed by atoms with Crippen molar-refractivity contribution in [1.29, 1.82) is 0 Å². The maximum Gasteiger partial charge on any atom is 0.165 e. The van der Waals surface area contributed by atoms with Gasteiger partial charge < -0.3 is 5.32 Å². The smallest absolute Gasteiger partial charge is 0.165 e. The predicted octanol–water partition coefficient (Wildman–Crippen LogP) is 6.97. The number of Topliss-reactive ketones (excluding diaryl/α,β-unsaturated/α-hetero) is 1. The van der Waals surface area contributed by atoms with Crippen LogP contribution in [-0.2, 0) is 11.8 Å². The molecule has 3 aromatic carbocycles. The number of rotatable bonds is 7. The lowest BCUT2D eigenvalue weighted by atomic mass is 9.86. The SMILES string of the molecule is CCc1ccc(N[C@H](CC(=O)c2ccc(C(C)(C)C)cc2)c2ccccc2)cc1. The molecule has 0 aliphatic rings. The van der Waals surface area contributed by atoms with Crippen molar-refractivity contribution in [1.82, 2.24) is 0 Å². The van der Waals surface area contributed by atoms with Crippen molar-refractivity contribution < 1.29 is 4.79 Å². The second-order valence-electron chi connectivity index (χ2n) is 8.61. The van der Waals surface area contributed by atoms with Crippen molar-refractivity contribution in [2.45, 2.75) is 52.0 Å². The summed E-state index contributed by atoms with van der Waals surface area (Å²) in [6.45, 7) is 8.70. The summed E-state index contributed by atoms with van der Waals surface area (Å²) in [6, 6.07) is 26.7. The monoisotopic (exact) mass is 385 g/mol. The van der Waals surface area contributed by atoms with Crippen LogP contribution < -0.4 is 5.32 Å². The van der Waals surface area contributed by atoms with Crippen LogP contribution in [0.25, 0.3) is 0 Å². The Hall–Kier alpha value is -2.87. The zero-order chi connectivity index (χ0) is 20.9. The van der Waals surface area contributed by atoms with Gasteiger partial charge in [0.1, 0.15) is 0 Å². The Morgan fingerprint density at radius 2 is 1.48 bits per heavy atom. The van der Waals surface area contributed by atoms with E-state index in [4.69, 9.17) is 0 Å². The molecule has 150 valence electrons. The van der Waals surface area contributed by atoms with Gasteiger partial charge in [0.05, 0.1) is 6.04 Å². The summed E-state index contributed by atoms with van der Waals surface area (Å²) in [5.41, 5.74) is 5.55. The number of hydrogen-bond donors (Lipinski definition) is 1. The van der Waals surface area contributed by atoms with Crippen molar-refractivity contribution >= 4 is 11.5 Å².